The lowest BCUT2D eigenvalue weighted by molar-refractivity contribution is -0.140. The van der Waals surface area contributed by atoms with E-state index in [1.54, 1.807) is 0 Å². The second-order valence-electron chi connectivity index (χ2n) is 8.99. The van der Waals surface area contributed by atoms with Gasteiger partial charge in [0.05, 0.1) is 6.10 Å². The standard InChI is InChI=1S/C25H29F2N3O4/c26-20-8-5-17(14-21(20)27)24(31)30-22(25(32)33)9-11-34-19-12-15(13-19)3-6-18-7-4-16-2-1-10-28-23(16)29-18/h4-5,7-8,14-15,19,22H,1-3,6,9-13H2,(H,28,29)(H,30,31)(H,32,33)/t15-,19-,22?. The highest BCUT2D eigenvalue weighted by molar-refractivity contribution is 5.96. The fourth-order valence-electron chi connectivity index (χ4n) is 4.40. The minimum absolute atomic E-state index is 0.0813. The number of carbonyl (C=O) groups excluding carboxylic acids is 1. The molecule has 34 heavy (non-hydrogen) atoms. The normalized spacial score (nSPS) is 19.9. The molecule has 0 saturated heterocycles. The van der Waals surface area contributed by atoms with Gasteiger partial charge in [0.2, 0.25) is 0 Å². The van der Waals surface area contributed by atoms with Gasteiger partial charge in [0, 0.05) is 30.8 Å². The number of benzene rings is 1. The molecule has 1 unspecified atom stereocenters. The first-order chi connectivity index (χ1) is 16.4. The van der Waals surface area contributed by atoms with Crippen molar-refractivity contribution in [2.24, 2.45) is 5.92 Å². The summed E-state index contributed by atoms with van der Waals surface area (Å²) in [6, 6.07) is 5.77. The third-order valence-electron chi connectivity index (χ3n) is 6.50. The molecular formula is C25H29F2N3O4. The monoisotopic (exact) mass is 473 g/mol. The van der Waals surface area contributed by atoms with E-state index in [4.69, 9.17) is 9.72 Å². The quantitative estimate of drug-likeness (QED) is 0.486. The Morgan fingerprint density at radius 2 is 2.03 bits per heavy atom. The van der Waals surface area contributed by atoms with Gasteiger partial charge >= 0.3 is 5.97 Å². The number of hydrogen-bond donors (Lipinski definition) is 3. The maximum Gasteiger partial charge on any atom is 0.326 e. The van der Waals surface area contributed by atoms with Crippen molar-refractivity contribution in [3.05, 3.63) is 58.8 Å². The van der Waals surface area contributed by atoms with Crippen LogP contribution in [-0.2, 0) is 22.4 Å². The van der Waals surface area contributed by atoms with Crippen molar-refractivity contribution < 1.29 is 28.2 Å². The van der Waals surface area contributed by atoms with Crippen molar-refractivity contribution in [3.63, 3.8) is 0 Å². The first-order valence-electron chi connectivity index (χ1n) is 11.7. The van der Waals surface area contributed by atoms with E-state index < -0.39 is 29.6 Å². The number of halogens is 2. The lowest BCUT2D eigenvalue weighted by Crippen LogP contribution is -2.42. The van der Waals surface area contributed by atoms with E-state index in [9.17, 15) is 23.5 Å². The highest BCUT2D eigenvalue weighted by atomic mass is 19.2. The summed E-state index contributed by atoms with van der Waals surface area (Å²) in [5.41, 5.74) is 2.24. The summed E-state index contributed by atoms with van der Waals surface area (Å²) in [5.74, 6) is -2.66. The van der Waals surface area contributed by atoms with Crippen LogP contribution in [0, 0.1) is 17.6 Å². The van der Waals surface area contributed by atoms with E-state index in [-0.39, 0.29) is 24.7 Å². The number of nitrogens with zero attached hydrogens (tertiary/aromatic N) is 1. The van der Waals surface area contributed by atoms with Crippen LogP contribution in [0.5, 0.6) is 0 Å². The number of carbonyl (C=O) groups is 2. The second kappa shape index (κ2) is 10.9. The number of carboxylic acid groups (broad SMARTS) is 1. The molecule has 4 rings (SSSR count). The van der Waals surface area contributed by atoms with Crippen LogP contribution in [0.4, 0.5) is 14.6 Å². The van der Waals surface area contributed by atoms with Gasteiger partial charge in [-0.25, -0.2) is 18.6 Å². The summed E-state index contributed by atoms with van der Waals surface area (Å²) in [4.78, 5) is 28.4. The molecule has 2 heterocycles. The molecule has 1 fully saturated rings. The number of aliphatic carboxylic acids is 1. The van der Waals surface area contributed by atoms with Crippen LogP contribution in [0.3, 0.4) is 0 Å². The van der Waals surface area contributed by atoms with Crippen LogP contribution in [0.1, 0.15) is 53.7 Å². The summed E-state index contributed by atoms with van der Waals surface area (Å²) < 4.78 is 32.1. The van der Waals surface area contributed by atoms with Crippen molar-refractivity contribution >= 4 is 17.7 Å². The van der Waals surface area contributed by atoms with E-state index in [1.807, 2.05) is 0 Å². The van der Waals surface area contributed by atoms with Crippen molar-refractivity contribution in [3.8, 4) is 0 Å². The van der Waals surface area contributed by atoms with Crippen LogP contribution in [0.2, 0.25) is 0 Å². The van der Waals surface area contributed by atoms with Gasteiger partial charge in [0.25, 0.3) is 5.91 Å². The summed E-state index contributed by atoms with van der Waals surface area (Å²) in [7, 11) is 0. The molecule has 1 amide bonds. The molecule has 0 spiro atoms. The van der Waals surface area contributed by atoms with Crippen LogP contribution in [0.25, 0.3) is 0 Å². The molecule has 0 bridgehead atoms. The number of rotatable bonds is 10. The topological polar surface area (TPSA) is 101 Å². The fourth-order valence-corrected chi connectivity index (χ4v) is 4.40. The Morgan fingerprint density at radius 3 is 2.79 bits per heavy atom. The maximum absolute atomic E-state index is 13.3. The SMILES string of the molecule is O=C(NC(CCO[C@H]1C[C@H](CCc2ccc3c(n2)NCCC3)C1)C(=O)O)c1ccc(F)c(F)c1. The van der Waals surface area contributed by atoms with Crippen LogP contribution in [0.15, 0.2) is 30.3 Å². The predicted molar refractivity (Wildman–Crippen MR) is 122 cm³/mol. The molecule has 1 aliphatic heterocycles. The van der Waals surface area contributed by atoms with Gasteiger partial charge in [-0.2, -0.15) is 0 Å². The van der Waals surface area contributed by atoms with Gasteiger partial charge in [-0.15, -0.1) is 0 Å². The van der Waals surface area contributed by atoms with E-state index >= 15 is 0 Å². The van der Waals surface area contributed by atoms with Crippen LogP contribution >= 0.6 is 0 Å². The number of carboxylic acids is 1. The van der Waals surface area contributed by atoms with Gasteiger partial charge in [-0.1, -0.05) is 6.07 Å². The molecule has 7 nitrogen and oxygen atoms in total. The molecule has 1 aromatic heterocycles. The molecule has 1 aromatic carbocycles. The molecule has 1 aliphatic carbocycles. The van der Waals surface area contributed by atoms with Gasteiger partial charge in [-0.3, -0.25) is 4.79 Å². The van der Waals surface area contributed by atoms with Crippen molar-refractivity contribution in [2.45, 2.75) is 57.1 Å². The number of aromatic nitrogens is 1. The van der Waals surface area contributed by atoms with Gasteiger partial charge in [-0.05, 0) is 74.3 Å². The first kappa shape index (κ1) is 24.1. The number of ether oxygens (including phenoxy) is 1. The zero-order valence-corrected chi connectivity index (χ0v) is 18.9. The van der Waals surface area contributed by atoms with Crippen molar-refractivity contribution in [2.75, 3.05) is 18.5 Å². The number of nitrogens with one attached hydrogen (secondary N) is 2. The predicted octanol–water partition coefficient (Wildman–Crippen LogP) is 3.72. The smallest absolute Gasteiger partial charge is 0.326 e. The van der Waals surface area contributed by atoms with Crippen LogP contribution < -0.4 is 10.6 Å². The fraction of sp³-hybridized carbons (Fsp3) is 0.480. The summed E-state index contributed by atoms with van der Waals surface area (Å²) >= 11 is 0. The average molecular weight is 474 g/mol. The Morgan fingerprint density at radius 1 is 1.21 bits per heavy atom. The third kappa shape index (κ3) is 6.08. The van der Waals surface area contributed by atoms with Gasteiger partial charge in [0.15, 0.2) is 11.6 Å². The largest absolute Gasteiger partial charge is 0.480 e. The molecule has 1 saturated carbocycles. The van der Waals surface area contributed by atoms with Crippen molar-refractivity contribution in [1.82, 2.24) is 10.3 Å². The average Bonchev–Trinajstić information content (AvgIpc) is 2.80. The second-order valence-corrected chi connectivity index (χ2v) is 8.99. The van der Waals surface area contributed by atoms with Crippen LogP contribution in [-0.4, -0.2) is 47.3 Å². The maximum atomic E-state index is 13.3. The number of pyridine rings is 1. The summed E-state index contributed by atoms with van der Waals surface area (Å²) in [6.07, 6.45) is 6.18. The lowest BCUT2D eigenvalue weighted by atomic mass is 9.79. The molecular weight excluding hydrogens is 444 g/mol. The minimum atomic E-state index is -1.21. The van der Waals surface area contributed by atoms with Crippen molar-refractivity contribution in [1.29, 1.82) is 0 Å². The minimum Gasteiger partial charge on any atom is -0.480 e. The number of aryl methyl sites for hydroxylation is 2. The number of fused-ring (bicyclic) bond motifs is 1. The molecule has 9 heteroatoms. The molecule has 1 atom stereocenters. The summed E-state index contributed by atoms with van der Waals surface area (Å²) in [6.45, 7) is 1.16. The third-order valence-corrected chi connectivity index (χ3v) is 6.50. The Kier molecular flexibility index (Phi) is 7.72. The zero-order chi connectivity index (χ0) is 24.1. The number of hydrogen-bond acceptors (Lipinski definition) is 5. The van der Waals surface area contributed by atoms with E-state index in [1.165, 1.54) is 5.56 Å². The number of anilines is 1. The number of amides is 1. The van der Waals surface area contributed by atoms with E-state index in [0.29, 0.717) is 5.92 Å². The van der Waals surface area contributed by atoms with Gasteiger partial charge < -0.3 is 20.5 Å². The Hall–Kier alpha value is -3.07. The summed E-state index contributed by atoms with van der Waals surface area (Å²) in [5, 5.41) is 15.1. The molecule has 2 aromatic rings. The molecule has 2 aliphatic rings. The highest BCUT2D eigenvalue weighted by Gasteiger charge is 2.30. The Labute approximate surface area is 196 Å². The molecule has 3 N–H and O–H groups in total. The lowest BCUT2D eigenvalue weighted by Gasteiger charge is -2.35. The Balaban J connectivity index is 1.15. The molecule has 0 radical (unpaired) electrons. The van der Waals surface area contributed by atoms with Gasteiger partial charge in [0.1, 0.15) is 11.9 Å². The molecule has 182 valence electrons. The van der Waals surface area contributed by atoms with E-state index in [0.717, 1.165) is 74.8 Å². The Bertz CT molecular complexity index is 1040. The zero-order valence-electron chi connectivity index (χ0n) is 18.9. The first-order valence-corrected chi connectivity index (χ1v) is 11.7. The van der Waals surface area contributed by atoms with E-state index in [2.05, 4.69) is 22.8 Å². The highest BCUT2D eigenvalue weighted by Crippen LogP contribution is 2.34.